The van der Waals surface area contributed by atoms with E-state index in [-0.39, 0.29) is 12.5 Å². The number of allylic oxidation sites excluding steroid dienone is 2. The molecule has 0 saturated heterocycles. The minimum Gasteiger partial charge on any atom is -0.466 e. The van der Waals surface area contributed by atoms with Gasteiger partial charge in [-0.2, -0.15) is 0 Å². The molecule has 0 aliphatic carbocycles. The maximum atomic E-state index is 11.6. The fraction of sp³-hybridized carbons (Fsp3) is 0.815. The molecule has 0 unspecified atom stereocenters. The number of ether oxygens (including phenoxy) is 3. The van der Waals surface area contributed by atoms with Crippen molar-refractivity contribution in [2.24, 2.45) is 0 Å². The van der Waals surface area contributed by atoms with Crippen molar-refractivity contribution in [1.82, 2.24) is 5.32 Å². The number of esters is 2. The second-order valence-corrected chi connectivity index (χ2v) is 9.71. The van der Waals surface area contributed by atoms with Gasteiger partial charge in [0.1, 0.15) is 12.1 Å². The minimum absolute atomic E-state index is 0.165. The van der Waals surface area contributed by atoms with Crippen molar-refractivity contribution in [3.05, 3.63) is 12.2 Å². The highest BCUT2D eigenvalue weighted by Crippen LogP contribution is 2.10. The summed E-state index contributed by atoms with van der Waals surface area (Å²) in [6, 6.07) is 0. The number of hydrogen-bond acceptors (Lipinski definition) is 6. The van der Waals surface area contributed by atoms with Gasteiger partial charge in [0.25, 0.3) is 0 Å². The summed E-state index contributed by atoms with van der Waals surface area (Å²) in [6.45, 7) is 7.55. The van der Waals surface area contributed by atoms with E-state index in [1.807, 2.05) is 0 Å². The lowest BCUT2D eigenvalue weighted by Gasteiger charge is -2.19. The lowest BCUT2D eigenvalue weighted by atomic mass is 10.1. The molecular weight excluding hydrogens is 434 g/mol. The van der Waals surface area contributed by atoms with E-state index in [9.17, 15) is 14.4 Å². The third-order valence-electron chi connectivity index (χ3n) is 5.04. The molecule has 34 heavy (non-hydrogen) atoms. The van der Waals surface area contributed by atoms with Gasteiger partial charge in [-0.3, -0.25) is 9.59 Å². The molecule has 7 nitrogen and oxygen atoms in total. The molecule has 0 bridgehead atoms. The van der Waals surface area contributed by atoms with E-state index in [1.165, 1.54) is 58.3 Å². The van der Waals surface area contributed by atoms with Crippen LogP contribution in [0, 0.1) is 0 Å². The molecule has 7 heteroatoms. The molecule has 0 aromatic carbocycles. The van der Waals surface area contributed by atoms with E-state index in [0.717, 1.165) is 38.5 Å². The molecule has 198 valence electrons. The Bertz CT molecular complexity index is 568. The Morgan fingerprint density at radius 3 is 1.59 bits per heavy atom. The topological polar surface area (TPSA) is 90.9 Å². The lowest BCUT2D eigenvalue weighted by Crippen LogP contribution is -2.36. The number of amides is 1. The Kier molecular flexibility index (Phi) is 20.2. The highest BCUT2D eigenvalue weighted by atomic mass is 16.6. The molecule has 0 aliphatic heterocycles. The molecule has 0 radical (unpaired) electrons. The summed E-state index contributed by atoms with van der Waals surface area (Å²) < 4.78 is 15.1. The molecule has 0 saturated carbocycles. The maximum absolute atomic E-state index is 11.6. The number of carbonyl (C=O) groups excluding carboxylic acids is 3. The molecule has 0 aromatic rings. The van der Waals surface area contributed by atoms with Crippen molar-refractivity contribution in [3.8, 4) is 0 Å². The molecular formula is C27H49NO6. The van der Waals surface area contributed by atoms with Crippen molar-refractivity contribution in [1.29, 1.82) is 0 Å². The second-order valence-electron chi connectivity index (χ2n) is 9.71. The predicted octanol–water partition coefficient (Wildman–Crippen LogP) is 6.64. The molecule has 0 aliphatic rings. The monoisotopic (exact) mass is 483 g/mol. The first-order valence-corrected chi connectivity index (χ1v) is 13.1. The van der Waals surface area contributed by atoms with Crippen molar-refractivity contribution < 1.29 is 28.6 Å². The Labute approximate surface area is 207 Å². The number of hydrogen-bond donors (Lipinski definition) is 1. The number of rotatable bonds is 20. The lowest BCUT2D eigenvalue weighted by molar-refractivity contribution is -0.143. The van der Waals surface area contributed by atoms with E-state index in [0.29, 0.717) is 13.2 Å². The van der Waals surface area contributed by atoms with E-state index < -0.39 is 17.7 Å². The van der Waals surface area contributed by atoms with Gasteiger partial charge in [0.15, 0.2) is 0 Å². The van der Waals surface area contributed by atoms with Gasteiger partial charge >= 0.3 is 18.0 Å². The number of nitrogens with one attached hydrogen (secondary N) is 1. The number of alkyl carbamates (subject to hydrolysis) is 1. The van der Waals surface area contributed by atoms with Crippen LogP contribution in [0.5, 0.6) is 0 Å². The quantitative estimate of drug-likeness (QED) is 0.0904. The van der Waals surface area contributed by atoms with Crippen LogP contribution in [0.15, 0.2) is 12.2 Å². The third-order valence-corrected chi connectivity index (χ3v) is 5.04. The normalized spacial score (nSPS) is 11.4. The zero-order valence-corrected chi connectivity index (χ0v) is 22.1. The molecule has 0 atom stereocenters. The number of carbonyl (C=O) groups is 3. The van der Waals surface area contributed by atoms with E-state index >= 15 is 0 Å². The fourth-order valence-corrected chi connectivity index (χ4v) is 3.29. The Morgan fingerprint density at radius 2 is 1.12 bits per heavy atom. The smallest absolute Gasteiger partial charge is 0.408 e. The van der Waals surface area contributed by atoms with Crippen LogP contribution < -0.4 is 5.32 Å². The van der Waals surface area contributed by atoms with Crippen molar-refractivity contribution >= 4 is 18.0 Å². The van der Waals surface area contributed by atoms with Crippen LogP contribution in [0.1, 0.15) is 118 Å². The van der Waals surface area contributed by atoms with Gasteiger partial charge in [0, 0.05) is 6.92 Å². The first-order chi connectivity index (χ1) is 16.2. The van der Waals surface area contributed by atoms with Crippen LogP contribution in [0.25, 0.3) is 0 Å². The van der Waals surface area contributed by atoms with E-state index in [1.54, 1.807) is 20.8 Å². The average molecular weight is 484 g/mol. The van der Waals surface area contributed by atoms with Crippen LogP contribution in [0.2, 0.25) is 0 Å². The van der Waals surface area contributed by atoms with Crippen LogP contribution >= 0.6 is 0 Å². The first-order valence-electron chi connectivity index (χ1n) is 13.1. The molecule has 0 spiro atoms. The van der Waals surface area contributed by atoms with Gasteiger partial charge < -0.3 is 19.5 Å². The van der Waals surface area contributed by atoms with Gasteiger partial charge in [-0.25, -0.2) is 4.79 Å². The maximum Gasteiger partial charge on any atom is 0.408 e. The zero-order chi connectivity index (χ0) is 25.5. The second kappa shape index (κ2) is 21.5. The van der Waals surface area contributed by atoms with Crippen LogP contribution in [-0.4, -0.2) is 43.4 Å². The van der Waals surface area contributed by atoms with Crippen LogP contribution in [0.4, 0.5) is 4.79 Å². The van der Waals surface area contributed by atoms with Gasteiger partial charge in [0.2, 0.25) is 0 Å². The molecule has 1 amide bonds. The van der Waals surface area contributed by atoms with Crippen LogP contribution in [-0.2, 0) is 23.8 Å². The summed E-state index contributed by atoms with van der Waals surface area (Å²) in [5, 5.41) is 2.40. The van der Waals surface area contributed by atoms with Crippen molar-refractivity contribution in [2.75, 3.05) is 19.8 Å². The standard InChI is InChI=1S/C27H49NO6/c1-24(29)32-21-19-17-15-13-11-9-7-5-6-8-10-12-14-16-18-20-22-33-25(30)23-28-26(31)34-27(2,3)4/h5-6H,7-23H2,1-4H3,(H,28,31)/b6-5+. The molecule has 0 heterocycles. The summed E-state index contributed by atoms with van der Waals surface area (Å²) in [6.07, 6.45) is 20.2. The predicted molar refractivity (Wildman–Crippen MR) is 136 cm³/mol. The molecule has 0 fully saturated rings. The molecule has 0 aromatic heterocycles. The van der Waals surface area contributed by atoms with E-state index in [2.05, 4.69) is 17.5 Å². The molecule has 1 N–H and O–H groups in total. The van der Waals surface area contributed by atoms with E-state index in [4.69, 9.17) is 14.2 Å². The summed E-state index contributed by atoms with van der Waals surface area (Å²) in [5.74, 6) is -0.621. The Morgan fingerprint density at radius 1 is 0.676 bits per heavy atom. The van der Waals surface area contributed by atoms with Crippen molar-refractivity contribution in [2.45, 2.75) is 123 Å². The SMILES string of the molecule is CC(=O)OCCCCCCCC/C=C/CCCCCCCCOC(=O)CNC(=O)OC(C)(C)C. The highest BCUT2D eigenvalue weighted by molar-refractivity contribution is 5.77. The Balaban J connectivity index is 3.31. The van der Waals surface area contributed by atoms with Gasteiger partial charge in [0.05, 0.1) is 13.2 Å². The zero-order valence-electron chi connectivity index (χ0n) is 22.1. The van der Waals surface area contributed by atoms with Crippen LogP contribution in [0.3, 0.4) is 0 Å². The summed E-state index contributed by atoms with van der Waals surface area (Å²) in [5.41, 5.74) is -0.583. The van der Waals surface area contributed by atoms with Gasteiger partial charge in [-0.05, 0) is 59.3 Å². The molecule has 0 rings (SSSR count). The average Bonchev–Trinajstić information content (AvgIpc) is 2.75. The minimum atomic E-state index is -0.611. The fourth-order valence-electron chi connectivity index (χ4n) is 3.29. The van der Waals surface area contributed by atoms with Crippen molar-refractivity contribution in [3.63, 3.8) is 0 Å². The third kappa shape index (κ3) is 26.2. The number of unbranched alkanes of at least 4 members (excludes halogenated alkanes) is 12. The first kappa shape index (κ1) is 31.9. The summed E-state index contributed by atoms with van der Waals surface area (Å²) in [7, 11) is 0. The summed E-state index contributed by atoms with van der Waals surface area (Å²) in [4.78, 5) is 33.7. The van der Waals surface area contributed by atoms with Gasteiger partial charge in [-0.1, -0.05) is 63.5 Å². The highest BCUT2D eigenvalue weighted by Gasteiger charge is 2.16. The summed E-state index contributed by atoms with van der Waals surface area (Å²) >= 11 is 0. The Hall–Kier alpha value is -2.05. The van der Waals surface area contributed by atoms with Gasteiger partial charge in [-0.15, -0.1) is 0 Å². The largest absolute Gasteiger partial charge is 0.466 e.